The summed E-state index contributed by atoms with van der Waals surface area (Å²) in [4.78, 5) is 73.6. The minimum Gasteiger partial charge on any atom is -0.465 e. The quantitative estimate of drug-likeness (QED) is 0.116. The number of carbonyl (C=O) groups excluding carboxylic acids is 3. The van der Waals surface area contributed by atoms with Crippen LogP contribution in [0, 0.1) is 0 Å². The number of methoxy groups -OCH3 is 1. The SMILES string of the molecule is COC(=O)N[C@@H](C)C(=O)N1CCC[C@H]1c1ncc(-c2ccc(-c3ccc(-c4cnc([C@@H]5CCCN5C(=O)[C@H](Cc5ccncc5)NC(=O)O)[nH]4)cc3)cc2)[nH]1. The summed E-state index contributed by atoms with van der Waals surface area (Å²) in [6, 6.07) is 17.7. The largest absolute Gasteiger partial charge is 0.465 e. The summed E-state index contributed by atoms with van der Waals surface area (Å²) in [6.45, 7) is 2.75. The highest BCUT2D eigenvalue weighted by atomic mass is 16.5. The Bertz CT molecular complexity index is 2130. The fourth-order valence-corrected chi connectivity index (χ4v) is 7.47. The van der Waals surface area contributed by atoms with Crippen molar-refractivity contribution in [1.82, 2.24) is 45.4 Å². The predicted molar refractivity (Wildman–Crippen MR) is 202 cm³/mol. The Labute approximate surface area is 317 Å². The van der Waals surface area contributed by atoms with Crippen LogP contribution in [0.15, 0.2) is 85.5 Å². The number of carboxylic acid groups (broad SMARTS) is 1. The maximum Gasteiger partial charge on any atom is 0.407 e. The van der Waals surface area contributed by atoms with Crippen LogP contribution >= 0.6 is 0 Å². The molecule has 5 heterocycles. The van der Waals surface area contributed by atoms with Crippen LogP contribution in [-0.2, 0) is 20.7 Å². The number of ether oxygens (including phenoxy) is 1. The number of rotatable bonds is 11. The molecule has 0 spiro atoms. The predicted octanol–water partition coefficient (Wildman–Crippen LogP) is 5.48. The van der Waals surface area contributed by atoms with Crippen molar-refractivity contribution in [2.75, 3.05) is 20.2 Å². The Morgan fingerprint density at radius 3 is 1.75 bits per heavy atom. The smallest absolute Gasteiger partial charge is 0.407 e. The van der Waals surface area contributed by atoms with Crippen molar-refractivity contribution in [2.45, 2.75) is 63.2 Å². The van der Waals surface area contributed by atoms with E-state index in [0.29, 0.717) is 24.7 Å². The van der Waals surface area contributed by atoms with E-state index in [1.165, 1.54) is 7.11 Å². The second-order valence-corrected chi connectivity index (χ2v) is 13.8. The number of H-pyrrole nitrogens is 2. The number of alkyl carbamates (subject to hydrolysis) is 1. The van der Waals surface area contributed by atoms with Gasteiger partial charge in [-0.3, -0.25) is 14.6 Å². The van der Waals surface area contributed by atoms with Gasteiger partial charge in [-0.2, -0.15) is 0 Å². The number of hydrogen-bond donors (Lipinski definition) is 5. The number of hydrogen-bond acceptors (Lipinski definition) is 8. The zero-order valence-electron chi connectivity index (χ0n) is 30.6. The van der Waals surface area contributed by atoms with E-state index in [1.54, 1.807) is 53.6 Å². The summed E-state index contributed by atoms with van der Waals surface area (Å²) < 4.78 is 4.64. The minimum atomic E-state index is -1.25. The van der Waals surface area contributed by atoms with E-state index in [1.807, 2.05) is 36.4 Å². The third-order valence-electron chi connectivity index (χ3n) is 10.3. The fourth-order valence-electron chi connectivity index (χ4n) is 7.47. The number of amides is 4. The molecule has 0 bridgehead atoms. The molecule has 3 aromatic heterocycles. The molecular weight excluding hydrogens is 702 g/mol. The maximum absolute atomic E-state index is 13.7. The molecule has 4 atom stereocenters. The van der Waals surface area contributed by atoms with Crippen molar-refractivity contribution in [1.29, 1.82) is 0 Å². The van der Waals surface area contributed by atoms with Crippen LogP contribution in [0.3, 0.4) is 0 Å². The number of nitrogens with one attached hydrogen (secondary N) is 4. The molecule has 2 fully saturated rings. The van der Waals surface area contributed by atoms with E-state index < -0.39 is 24.3 Å². The van der Waals surface area contributed by atoms with Gasteiger partial charge in [0.05, 0.1) is 43.0 Å². The van der Waals surface area contributed by atoms with Crippen molar-refractivity contribution in [2.24, 2.45) is 0 Å². The minimum absolute atomic E-state index is 0.180. The highest BCUT2D eigenvalue weighted by Crippen LogP contribution is 2.34. The van der Waals surface area contributed by atoms with E-state index in [2.05, 4.69) is 52.4 Å². The van der Waals surface area contributed by atoms with Gasteiger partial charge < -0.3 is 40.2 Å². The van der Waals surface area contributed by atoms with E-state index in [-0.39, 0.29) is 30.3 Å². The number of pyridine rings is 1. The first-order chi connectivity index (χ1) is 26.7. The maximum atomic E-state index is 13.7. The van der Waals surface area contributed by atoms with E-state index in [0.717, 1.165) is 64.9 Å². The summed E-state index contributed by atoms with van der Waals surface area (Å²) in [5.74, 6) is 0.912. The molecule has 2 aromatic carbocycles. The molecule has 0 unspecified atom stereocenters. The van der Waals surface area contributed by atoms with Crippen molar-refractivity contribution in [3.8, 4) is 33.6 Å². The molecular formula is C40H43N9O6. The first-order valence-corrected chi connectivity index (χ1v) is 18.3. The zero-order chi connectivity index (χ0) is 38.5. The van der Waals surface area contributed by atoms with E-state index in [4.69, 9.17) is 0 Å². The van der Waals surface area contributed by atoms with Gasteiger partial charge >= 0.3 is 12.2 Å². The van der Waals surface area contributed by atoms with Crippen LogP contribution < -0.4 is 10.6 Å². The Morgan fingerprint density at radius 1 is 0.764 bits per heavy atom. The van der Waals surface area contributed by atoms with Gasteiger partial charge in [0, 0.05) is 31.9 Å². The standard InChI is InChI=1S/C40H43N9O6/c1-24(44-40(54)55-2)37(50)48-19-3-5-33(48)35-42-22-31(45-35)28-11-7-26(8-12-28)27-9-13-29(14-10-27)32-23-43-36(46-32)34-6-4-20-49(34)38(51)30(47-39(52)53)21-25-15-17-41-18-16-25/h7-18,22-24,30,33-34,47H,3-6,19-21H2,1-2H3,(H,42,45)(H,43,46)(H,44,54)(H,52,53)/t24-,30-,33-,34-/m0/s1. The number of aromatic nitrogens is 5. The highest BCUT2D eigenvalue weighted by molar-refractivity contribution is 5.87. The van der Waals surface area contributed by atoms with Crippen LogP contribution in [0.2, 0.25) is 0 Å². The summed E-state index contributed by atoms with van der Waals surface area (Å²) in [6.07, 6.45) is 8.24. The lowest BCUT2D eigenvalue weighted by atomic mass is 10.0. The Hall–Kier alpha value is -6.51. The van der Waals surface area contributed by atoms with Crippen LogP contribution in [-0.4, -0.2) is 96.1 Å². The number of aromatic amines is 2. The normalized spacial score (nSPS) is 17.8. The Morgan fingerprint density at radius 2 is 1.25 bits per heavy atom. The molecule has 284 valence electrons. The van der Waals surface area contributed by atoms with E-state index >= 15 is 0 Å². The molecule has 7 rings (SSSR count). The molecule has 15 heteroatoms. The van der Waals surface area contributed by atoms with Gasteiger partial charge in [0.25, 0.3) is 0 Å². The Balaban J connectivity index is 0.994. The van der Waals surface area contributed by atoms with Crippen LogP contribution in [0.1, 0.15) is 61.9 Å². The van der Waals surface area contributed by atoms with Crippen LogP contribution in [0.5, 0.6) is 0 Å². The lowest BCUT2D eigenvalue weighted by Gasteiger charge is -2.28. The molecule has 5 aromatic rings. The molecule has 55 heavy (non-hydrogen) atoms. The number of likely N-dealkylation sites (tertiary alicyclic amines) is 2. The van der Waals surface area contributed by atoms with Gasteiger partial charge in [-0.25, -0.2) is 19.6 Å². The lowest BCUT2D eigenvalue weighted by Crippen LogP contribution is -2.49. The number of benzene rings is 2. The topological polar surface area (TPSA) is 199 Å². The first-order valence-electron chi connectivity index (χ1n) is 18.3. The second kappa shape index (κ2) is 16.2. The molecule has 2 aliphatic heterocycles. The van der Waals surface area contributed by atoms with Crippen molar-refractivity contribution in [3.05, 3.63) is 103 Å². The first kappa shape index (κ1) is 36.8. The third kappa shape index (κ3) is 8.20. The molecule has 0 radical (unpaired) electrons. The van der Waals surface area contributed by atoms with Crippen LogP contribution in [0.25, 0.3) is 33.6 Å². The third-order valence-corrected chi connectivity index (χ3v) is 10.3. The van der Waals surface area contributed by atoms with Crippen LogP contribution in [0.4, 0.5) is 9.59 Å². The van der Waals surface area contributed by atoms with Gasteiger partial charge in [0.1, 0.15) is 23.7 Å². The fraction of sp³-hybridized carbons (Fsp3) is 0.325. The zero-order valence-corrected chi connectivity index (χ0v) is 30.6. The average molecular weight is 746 g/mol. The summed E-state index contributed by atoms with van der Waals surface area (Å²) in [5.41, 5.74) is 6.46. The van der Waals surface area contributed by atoms with Crippen molar-refractivity contribution in [3.63, 3.8) is 0 Å². The molecule has 2 aliphatic rings. The summed E-state index contributed by atoms with van der Waals surface area (Å²) in [7, 11) is 1.27. The molecule has 5 N–H and O–H groups in total. The molecule has 0 aliphatic carbocycles. The van der Waals surface area contributed by atoms with Gasteiger partial charge in [0.15, 0.2) is 0 Å². The summed E-state index contributed by atoms with van der Waals surface area (Å²) in [5, 5.41) is 14.4. The van der Waals surface area contributed by atoms with Gasteiger partial charge in [-0.15, -0.1) is 0 Å². The molecule has 4 amide bonds. The average Bonchev–Trinajstić information content (AvgIpc) is 4.04. The summed E-state index contributed by atoms with van der Waals surface area (Å²) >= 11 is 0. The van der Waals surface area contributed by atoms with E-state index in [9.17, 15) is 24.3 Å². The molecule has 15 nitrogen and oxygen atoms in total. The highest BCUT2D eigenvalue weighted by Gasteiger charge is 2.37. The number of nitrogens with zero attached hydrogens (tertiary/aromatic N) is 5. The molecule has 0 saturated carbocycles. The Kier molecular flexibility index (Phi) is 10.9. The second-order valence-electron chi connectivity index (χ2n) is 13.8. The van der Waals surface area contributed by atoms with Gasteiger partial charge in [0.2, 0.25) is 11.8 Å². The number of imidazole rings is 2. The molecule has 2 saturated heterocycles. The van der Waals surface area contributed by atoms with Gasteiger partial charge in [-0.05, 0) is 72.6 Å². The van der Waals surface area contributed by atoms with Crippen molar-refractivity contribution >= 4 is 24.0 Å². The van der Waals surface area contributed by atoms with Gasteiger partial charge in [-0.1, -0.05) is 48.5 Å². The lowest BCUT2D eigenvalue weighted by molar-refractivity contribution is -0.134. The number of carbonyl (C=O) groups is 4. The monoisotopic (exact) mass is 745 g/mol. The van der Waals surface area contributed by atoms with Crippen molar-refractivity contribution < 1.29 is 29.0 Å².